The fourth-order valence-corrected chi connectivity index (χ4v) is 2.42. The van der Waals surface area contributed by atoms with Gasteiger partial charge in [-0.1, -0.05) is 19.3 Å². The molecule has 0 atom stereocenters. The molecule has 4 N–H and O–H groups in total. The summed E-state index contributed by atoms with van der Waals surface area (Å²) in [5, 5.41) is 11.4. The van der Waals surface area contributed by atoms with E-state index in [0.29, 0.717) is 24.2 Å². The predicted octanol–water partition coefficient (Wildman–Crippen LogP) is 1.31. The number of carboxylic acids is 1. The van der Waals surface area contributed by atoms with Gasteiger partial charge in [0.15, 0.2) is 0 Å². The molecule has 6 heteroatoms. The zero-order valence-electron chi connectivity index (χ0n) is 11.3. The number of rotatable bonds is 4. The smallest absolute Gasteiger partial charge is 0.309 e. The highest BCUT2D eigenvalue weighted by Crippen LogP contribution is 2.27. The Morgan fingerprint density at radius 3 is 2.55 bits per heavy atom. The molecule has 0 bridgehead atoms. The number of hydrogen-bond donors (Lipinski definition) is 3. The minimum atomic E-state index is -0.933. The average Bonchev–Trinajstić information content (AvgIpc) is 2.41. The number of pyridine rings is 1. The second-order valence-corrected chi connectivity index (χ2v) is 5.28. The van der Waals surface area contributed by atoms with Crippen LogP contribution < -0.4 is 11.1 Å². The van der Waals surface area contributed by atoms with Crippen LogP contribution in [0, 0.1) is 0 Å². The molecule has 0 saturated heterocycles. The molecule has 0 aliphatic heterocycles. The lowest BCUT2D eigenvalue weighted by molar-refractivity contribution is -0.136. The first kappa shape index (κ1) is 14.5. The van der Waals surface area contributed by atoms with Crippen LogP contribution in [0.3, 0.4) is 0 Å². The number of carbonyl (C=O) groups excluding carboxylic acids is 1. The van der Waals surface area contributed by atoms with Gasteiger partial charge in [-0.2, -0.15) is 0 Å². The minimum absolute atomic E-state index is 0.130. The molecule has 1 aliphatic rings. The molecule has 1 aromatic heterocycles. The van der Waals surface area contributed by atoms with E-state index in [-0.39, 0.29) is 12.3 Å². The van der Waals surface area contributed by atoms with Crippen molar-refractivity contribution in [2.45, 2.75) is 44.1 Å². The minimum Gasteiger partial charge on any atom is -0.481 e. The number of carboxylic acid groups (broad SMARTS) is 1. The Bertz CT molecular complexity index is 493. The van der Waals surface area contributed by atoms with Gasteiger partial charge in [0.25, 0.3) is 0 Å². The summed E-state index contributed by atoms with van der Waals surface area (Å²) in [5.74, 6) is -1.12. The summed E-state index contributed by atoms with van der Waals surface area (Å²) in [6.45, 7) is 0. The Morgan fingerprint density at radius 1 is 1.30 bits per heavy atom. The molecule has 108 valence electrons. The van der Waals surface area contributed by atoms with Gasteiger partial charge in [-0.05, 0) is 25.0 Å². The Morgan fingerprint density at radius 2 is 2.00 bits per heavy atom. The van der Waals surface area contributed by atoms with E-state index in [1.807, 2.05) is 0 Å². The molecule has 1 fully saturated rings. The van der Waals surface area contributed by atoms with Gasteiger partial charge in [0.1, 0.15) is 0 Å². The van der Waals surface area contributed by atoms with Gasteiger partial charge in [0.2, 0.25) is 5.91 Å². The molecule has 1 heterocycles. The normalized spacial score (nSPS) is 17.4. The van der Waals surface area contributed by atoms with E-state index in [2.05, 4.69) is 10.3 Å². The average molecular weight is 277 g/mol. The van der Waals surface area contributed by atoms with Gasteiger partial charge in [-0.15, -0.1) is 0 Å². The molecule has 1 aromatic rings. The standard InChI is InChI=1S/C14H19N3O3/c15-14(6-2-1-3-7-14)13(20)17-11-5-4-10(16-9-11)8-12(18)19/h4-5,9H,1-3,6-8,15H2,(H,17,20)(H,18,19). The van der Waals surface area contributed by atoms with E-state index in [4.69, 9.17) is 10.8 Å². The van der Waals surface area contributed by atoms with Crippen molar-refractivity contribution in [1.29, 1.82) is 0 Å². The van der Waals surface area contributed by atoms with Crippen LogP contribution in [0.25, 0.3) is 0 Å². The molecule has 0 unspecified atom stereocenters. The monoisotopic (exact) mass is 277 g/mol. The van der Waals surface area contributed by atoms with E-state index in [1.165, 1.54) is 6.20 Å². The van der Waals surface area contributed by atoms with Gasteiger partial charge < -0.3 is 16.2 Å². The van der Waals surface area contributed by atoms with E-state index in [1.54, 1.807) is 12.1 Å². The van der Waals surface area contributed by atoms with E-state index in [0.717, 1.165) is 19.3 Å². The number of amides is 1. The third-order valence-electron chi connectivity index (χ3n) is 3.61. The van der Waals surface area contributed by atoms with E-state index < -0.39 is 11.5 Å². The third kappa shape index (κ3) is 3.54. The number of hydrogen-bond acceptors (Lipinski definition) is 4. The molecular weight excluding hydrogens is 258 g/mol. The van der Waals surface area contributed by atoms with Gasteiger partial charge in [0.05, 0.1) is 29.5 Å². The maximum atomic E-state index is 12.2. The molecule has 2 rings (SSSR count). The first-order valence-corrected chi connectivity index (χ1v) is 6.77. The van der Waals surface area contributed by atoms with Crippen molar-refractivity contribution in [2.24, 2.45) is 5.73 Å². The largest absolute Gasteiger partial charge is 0.481 e. The molecule has 1 saturated carbocycles. The maximum absolute atomic E-state index is 12.2. The van der Waals surface area contributed by atoms with Crippen LogP contribution in [0.5, 0.6) is 0 Å². The van der Waals surface area contributed by atoms with Crippen molar-refractivity contribution in [2.75, 3.05) is 5.32 Å². The Labute approximate surface area is 117 Å². The number of aliphatic carboxylic acids is 1. The van der Waals surface area contributed by atoms with Crippen LogP contribution in [0.4, 0.5) is 5.69 Å². The van der Waals surface area contributed by atoms with Crippen molar-refractivity contribution in [3.05, 3.63) is 24.0 Å². The summed E-state index contributed by atoms with van der Waals surface area (Å²) in [7, 11) is 0. The summed E-state index contributed by atoms with van der Waals surface area (Å²) < 4.78 is 0. The van der Waals surface area contributed by atoms with Gasteiger partial charge in [-0.3, -0.25) is 14.6 Å². The molecular formula is C14H19N3O3. The van der Waals surface area contributed by atoms with Crippen LogP contribution in [-0.4, -0.2) is 27.5 Å². The number of aromatic nitrogens is 1. The van der Waals surface area contributed by atoms with Crippen LogP contribution in [0.15, 0.2) is 18.3 Å². The summed E-state index contributed by atoms with van der Waals surface area (Å²) in [5.41, 5.74) is 6.34. The molecule has 1 amide bonds. The lowest BCUT2D eigenvalue weighted by Crippen LogP contribution is -2.52. The lowest BCUT2D eigenvalue weighted by atomic mass is 9.82. The van der Waals surface area contributed by atoms with Crippen molar-refractivity contribution in [3.8, 4) is 0 Å². The number of nitrogens with zero attached hydrogens (tertiary/aromatic N) is 1. The second-order valence-electron chi connectivity index (χ2n) is 5.28. The van der Waals surface area contributed by atoms with Gasteiger partial charge >= 0.3 is 5.97 Å². The Hall–Kier alpha value is -1.95. The summed E-state index contributed by atoms with van der Waals surface area (Å²) in [6, 6.07) is 3.24. The first-order chi connectivity index (χ1) is 9.49. The van der Waals surface area contributed by atoms with Crippen LogP contribution >= 0.6 is 0 Å². The number of carbonyl (C=O) groups is 2. The van der Waals surface area contributed by atoms with E-state index in [9.17, 15) is 9.59 Å². The fourth-order valence-electron chi connectivity index (χ4n) is 2.42. The highest BCUT2D eigenvalue weighted by Gasteiger charge is 2.35. The van der Waals surface area contributed by atoms with Crippen LogP contribution in [-0.2, 0) is 16.0 Å². The van der Waals surface area contributed by atoms with Crippen LogP contribution in [0.2, 0.25) is 0 Å². The zero-order chi connectivity index (χ0) is 14.6. The molecule has 0 spiro atoms. The molecule has 0 radical (unpaired) electrons. The topological polar surface area (TPSA) is 105 Å². The lowest BCUT2D eigenvalue weighted by Gasteiger charge is -2.31. The highest BCUT2D eigenvalue weighted by molar-refractivity contribution is 5.97. The van der Waals surface area contributed by atoms with Crippen molar-refractivity contribution in [3.63, 3.8) is 0 Å². The first-order valence-electron chi connectivity index (χ1n) is 6.77. The number of nitrogens with one attached hydrogen (secondary N) is 1. The SMILES string of the molecule is NC1(C(=O)Nc2ccc(CC(=O)O)nc2)CCCCC1. The second kappa shape index (κ2) is 6.00. The summed E-state index contributed by atoms with van der Waals surface area (Å²) in [4.78, 5) is 26.8. The molecule has 6 nitrogen and oxygen atoms in total. The summed E-state index contributed by atoms with van der Waals surface area (Å²) >= 11 is 0. The van der Waals surface area contributed by atoms with Gasteiger partial charge in [0, 0.05) is 0 Å². The Kier molecular flexibility index (Phi) is 4.34. The maximum Gasteiger partial charge on any atom is 0.309 e. The quantitative estimate of drug-likeness (QED) is 0.769. The number of nitrogens with two attached hydrogens (primary N) is 1. The van der Waals surface area contributed by atoms with Crippen molar-refractivity contribution >= 4 is 17.6 Å². The van der Waals surface area contributed by atoms with E-state index >= 15 is 0 Å². The number of anilines is 1. The predicted molar refractivity (Wildman–Crippen MR) is 74.2 cm³/mol. The zero-order valence-corrected chi connectivity index (χ0v) is 11.3. The summed E-state index contributed by atoms with van der Waals surface area (Å²) in [6.07, 6.45) is 5.79. The molecule has 1 aliphatic carbocycles. The van der Waals surface area contributed by atoms with Crippen molar-refractivity contribution in [1.82, 2.24) is 4.98 Å². The third-order valence-corrected chi connectivity index (χ3v) is 3.61. The fraction of sp³-hybridized carbons (Fsp3) is 0.500. The Balaban J connectivity index is 1.98. The molecule has 0 aromatic carbocycles. The highest BCUT2D eigenvalue weighted by atomic mass is 16.4. The van der Waals surface area contributed by atoms with Crippen molar-refractivity contribution < 1.29 is 14.7 Å². The van der Waals surface area contributed by atoms with Crippen LogP contribution in [0.1, 0.15) is 37.8 Å². The van der Waals surface area contributed by atoms with Gasteiger partial charge in [-0.25, -0.2) is 0 Å². The molecule has 20 heavy (non-hydrogen) atoms.